The summed E-state index contributed by atoms with van der Waals surface area (Å²) in [5.41, 5.74) is 3.29. The van der Waals surface area contributed by atoms with Crippen molar-refractivity contribution in [3.8, 4) is 17.2 Å². The molecule has 0 radical (unpaired) electrons. The molecule has 0 aromatic heterocycles. The van der Waals surface area contributed by atoms with Crippen LogP contribution in [0.3, 0.4) is 0 Å². The first-order valence-corrected chi connectivity index (χ1v) is 18.4. The third-order valence-electron chi connectivity index (χ3n) is 6.68. The Balaban J connectivity index is 0.000000773. The standard InChI is InChI=1S/C13H8Br3NO2.C13H7Cl4NO2.C10H14O.ClH.Na.H2S/c14-7-1-3-9(4-2-7)17-13(19)10-5-8(15)6-11(16)12(10)18;14-8-7(12(19)11(17)10(16)9(8)15)13(20)18-6-4-2-1-3-5-6;1-7(2)9-5-4-8(3)6-10(9)11;;;/h1-6,18H,(H,17,19);1-5,19H,(H,18,20);4-7,11H,1-3H3;1H;;1H2/q;;;;+1;/p-1. The monoisotopic (exact) mass is 1040 g/mol. The molecular weight excluding hydrogens is 1010 g/mol. The van der Waals surface area contributed by atoms with E-state index in [1.54, 1.807) is 60.7 Å². The normalized spacial score (nSPS) is 9.79. The third-order valence-corrected chi connectivity index (χ3v) is 10.1. The summed E-state index contributed by atoms with van der Waals surface area (Å²) in [4.78, 5) is 24.3. The van der Waals surface area contributed by atoms with E-state index in [0.717, 1.165) is 15.6 Å². The molecule has 0 saturated heterocycles. The fourth-order valence-corrected chi connectivity index (χ4v) is 6.57. The molecule has 5 N–H and O–H groups in total. The number of benzene rings is 5. The molecule has 7 nitrogen and oxygen atoms in total. The number of nitrogens with one attached hydrogen (secondary N) is 2. The summed E-state index contributed by atoms with van der Waals surface area (Å²) >= 11 is 33.2. The van der Waals surface area contributed by atoms with Gasteiger partial charge in [0.05, 0.1) is 25.1 Å². The number of rotatable bonds is 5. The molecule has 0 unspecified atom stereocenters. The summed E-state index contributed by atoms with van der Waals surface area (Å²) in [5.74, 6) is -0.797. The smallest absolute Gasteiger partial charge is 1.00 e. The average Bonchev–Trinajstić information content (AvgIpc) is 3.06. The third kappa shape index (κ3) is 14.9. The van der Waals surface area contributed by atoms with E-state index in [1.807, 2.05) is 31.2 Å². The van der Waals surface area contributed by atoms with Crippen LogP contribution in [0.2, 0.25) is 20.1 Å². The zero-order valence-corrected chi connectivity index (χ0v) is 39.9. The molecule has 0 fully saturated rings. The first-order valence-electron chi connectivity index (χ1n) is 14.5. The molecule has 5 aromatic carbocycles. The predicted molar refractivity (Wildman–Crippen MR) is 225 cm³/mol. The molecule has 5 rings (SSSR count). The van der Waals surface area contributed by atoms with Gasteiger partial charge in [-0.15, -0.1) is 0 Å². The van der Waals surface area contributed by atoms with Gasteiger partial charge in [-0.05, 0) is 94.5 Å². The SMILES string of the molecule is Cc1ccc(C(C)C)c(O)c1.O=C(Nc1ccc(Br)cc1)c1cc(Br)cc(Br)c1O.O=C(Nc1ccccc1)c1c(O)c(Cl)c(Cl)c(Cl)c1Cl.S.[Cl-].[Na+]. The molecule has 53 heavy (non-hydrogen) atoms. The van der Waals surface area contributed by atoms with Gasteiger partial charge in [0.25, 0.3) is 11.8 Å². The van der Waals surface area contributed by atoms with Gasteiger partial charge in [-0.2, -0.15) is 13.5 Å². The maximum atomic E-state index is 12.2. The van der Waals surface area contributed by atoms with E-state index in [1.165, 1.54) is 0 Å². The van der Waals surface area contributed by atoms with Crippen LogP contribution in [0.15, 0.2) is 98.3 Å². The molecule has 0 aliphatic rings. The van der Waals surface area contributed by atoms with Crippen molar-refractivity contribution in [1.29, 1.82) is 0 Å². The van der Waals surface area contributed by atoms with Crippen LogP contribution in [-0.2, 0) is 0 Å². The molecule has 0 bridgehead atoms. The van der Waals surface area contributed by atoms with Gasteiger partial charge in [-0.25, -0.2) is 0 Å². The first kappa shape index (κ1) is 51.7. The Labute approximate surface area is 388 Å². The second-order valence-corrected chi connectivity index (χ2v) is 15.0. The zero-order valence-electron chi connectivity index (χ0n) is 28.3. The minimum absolute atomic E-state index is 0. The summed E-state index contributed by atoms with van der Waals surface area (Å²) in [6, 6.07) is 24.9. The Bertz CT molecular complexity index is 1990. The number of hydrogen-bond acceptors (Lipinski definition) is 5. The predicted octanol–water partition coefficient (Wildman–Crippen LogP) is 7.13. The Morgan fingerprint density at radius 3 is 1.74 bits per heavy atom. The Kier molecular flexibility index (Phi) is 23.7. The Morgan fingerprint density at radius 1 is 0.660 bits per heavy atom. The summed E-state index contributed by atoms with van der Waals surface area (Å²) < 4.78 is 2.10. The van der Waals surface area contributed by atoms with Crippen LogP contribution in [0.1, 0.15) is 51.6 Å². The van der Waals surface area contributed by atoms with Crippen LogP contribution in [0.25, 0.3) is 0 Å². The summed E-state index contributed by atoms with van der Waals surface area (Å²) in [5, 5.41) is 34.0. The molecule has 0 aliphatic carbocycles. The largest absolute Gasteiger partial charge is 1.00 e. The van der Waals surface area contributed by atoms with Gasteiger partial charge in [0.15, 0.2) is 0 Å². The number of aromatic hydroxyl groups is 3. The van der Waals surface area contributed by atoms with Crippen molar-refractivity contribution in [1.82, 2.24) is 0 Å². The summed E-state index contributed by atoms with van der Waals surface area (Å²) in [6.45, 7) is 6.12. The maximum Gasteiger partial charge on any atom is 1.00 e. The number of phenols is 3. The second kappa shape index (κ2) is 24.3. The molecule has 278 valence electrons. The van der Waals surface area contributed by atoms with Crippen molar-refractivity contribution in [2.75, 3.05) is 10.6 Å². The number of halogens is 8. The average molecular weight is 1040 g/mol. The number of carbonyl (C=O) groups is 2. The first-order chi connectivity index (χ1) is 23.5. The molecule has 5 aromatic rings. The van der Waals surface area contributed by atoms with Crippen molar-refractivity contribution in [2.45, 2.75) is 26.7 Å². The molecule has 0 saturated carbocycles. The number of hydrogen-bond donors (Lipinski definition) is 5. The van der Waals surface area contributed by atoms with Gasteiger partial charge >= 0.3 is 29.6 Å². The van der Waals surface area contributed by atoms with E-state index in [0.29, 0.717) is 32.0 Å². The molecule has 2 amide bonds. The number of aryl methyl sites for hydroxylation is 1. The molecule has 17 heteroatoms. The van der Waals surface area contributed by atoms with Crippen molar-refractivity contribution < 1.29 is 66.9 Å². The van der Waals surface area contributed by atoms with E-state index in [2.05, 4.69) is 72.3 Å². The topological polar surface area (TPSA) is 119 Å². The van der Waals surface area contributed by atoms with Gasteiger partial charge in [0.1, 0.15) is 27.8 Å². The molecular formula is C36H31Br3Cl5N2NaO5S. The van der Waals surface area contributed by atoms with Crippen LogP contribution in [0.4, 0.5) is 11.4 Å². The van der Waals surface area contributed by atoms with Crippen LogP contribution >= 0.6 is 108 Å². The molecule has 0 atom stereocenters. The van der Waals surface area contributed by atoms with Crippen LogP contribution in [-0.4, -0.2) is 27.1 Å². The van der Waals surface area contributed by atoms with Crippen molar-refractivity contribution >= 4 is 131 Å². The van der Waals surface area contributed by atoms with Crippen molar-refractivity contribution in [3.05, 3.63) is 141 Å². The molecule has 0 aliphatic heterocycles. The summed E-state index contributed by atoms with van der Waals surface area (Å²) in [6.07, 6.45) is 0. The van der Waals surface area contributed by atoms with Crippen molar-refractivity contribution in [3.63, 3.8) is 0 Å². The van der Waals surface area contributed by atoms with E-state index in [-0.39, 0.29) is 98.3 Å². The number of para-hydroxylation sites is 1. The van der Waals surface area contributed by atoms with Gasteiger partial charge < -0.3 is 38.4 Å². The quantitative estimate of drug-likeness (QED) is 0.0730. The summed E-state index contributed by atoms with van der Waals surface area (Å²) in [7, 11) is 0. The molecule has 0 spiro atoms. The van der Waals surface area contributed by atoms with Crippen LogP contribution < -0.4 is 52.6 Å². The van der Waals surface area contributed by atoms with E-state index >= 15 is 0 Å². The van der Waals surface area contributed by atoms with Gasteiger partial charge in [0, 0.05) is 20.3 Å². The van der Waals surface area contributed by atoms with Crippen molar-refractivity contribution in [2.24, 2.45) is 0 Å². The number of amides is 2. The zero-order chi connectivity index (χ0) is 37.3. The van der Waals surface area contributed by atoms with Crippen LogP contribution in [0.5, 0.6) is 17.2 Å². The van der Waals surface area contributed by atoms with Gasteiger partial charge in [-0.3, -0.25) is 9.59 Å². The Morgan fingerprint density at radius 2 is 1.19 bits per heavy atom. The number of anilines is 2. The van der Waals surface area contributed by atoms with E-state index in [4.69, 9.17) is 46.4 Å². The molecule has 0 heterocycles. The fraction of sp³-hybridized carbons (Fsp3) is 0.111. The minimum Gasteiger partial charge on any atom is -1.00 e. The van der Waals surface area contributed by atoms with Gasteiger partial charge in [-0.1, -0.05) is 122 Å². The fourth-order valence-electron chi connectivity index (χ4n) is 4.16. The van der Waals surface area contributed by atoms with E-state index in [9.17, 15) is 24.9 Å². The minimum atomic E-state index is -0.640. The van der Waals surface area contributed by atoms with Gasteiger partial charge in [0.2, 0.25) is 0 Å². The number of carbonyl (C=O) groups excluding carboxylic acids is 2. The maximum absolute atomic E-state index is 12.2. The Hall–Kier alpha value is -1.32. The van der Waals surface area contributed by atoms with Crippen LogP contribution in [0, 0.1) is 6.92 Å². The van der Waals surface area contributed by atoms with E-state index < -0.39 is 11.7 Å². The number of phenolic OH excluding ortho intramolecular Hbond substituents is 3. The second-order valence-electron chi connectivity index (χ2n) is 10.8.